The molecule has 6 nitrogen and oxygen atoms in total. The smallest absolute Gasteiger partial charge is 0.278 e. The Morgan fingerprint density at radius 1 is 1.25 bits per heavy atom. The summed E-state index contributed by atoms with van der Waals surface area (Å²) in [6, 6.07) is 7.15. The van der Waals surface area contributed by atoms with E-state index in [4.69, 9.17) is 0 Å². The number of hydrogen-bond acceptors (Lipinski definition) is 4. The first-order valence-corrected chi connectivity index (χ1v) is 7.75. The van der Waals surface area contributed by atoms with Gasteiger partial charge in [0.1, 0.15) is 5.82 Å². The third kappa shape index (κ3) is 3.11. The van der Waals surface area contributed by atoms with E-state index in [9.17, 15) is 8.42 Å². The van der Waals surface area contributed by atoms with E-state index >= 15 is 0 Å². The number of sulfonamides is 1. The first kappa shape index (κ1) is 14.4. The van der Waals surface area contributed by atoms with Crippen LogP contribution in [0.15, 0.2) is 35.5 Å². The summed E-state index contributed by atoms with van der Waals surface area (Å²) in [5, 5.41) is 0.0750. The van der Waals surface area contributed by atoms with E-state index in [2.05, 4.69) is 14.7 Å². The number of aromatic amines is 1. The van der Waals surface area contributed by atoms with Crippen molar-refractivity contribution < 1.29 is 8.42 Å². The molecule has 1 aromatic carbocycles. The van der Waals surface area contributed by atoms with Gasteiger partial charge in [0.15, 0.2) is 5.03 Å². The number of nitrogens with zero attached hydrogens (tertiary/aromatic N) is 2. The predicted octanol–water partition coefficient (Wildman–Crippen LogP) is 1.84. The fourth-order valence-corrected chi connectivity index (χ4v) is 2.70. The van der Waals surface area contributed by atoms with Crippen LogP contribution in [-0.4, -0.2) is 32.5 Å². The van der Waals surface area contributed by atoms with Crippen molar-refractivity contribution in [3.05, 3.63) is 36.3 Å². The molecule has 0 saturated heterocycles. The molecule has 0 fully saturated rings. The maximum atomic E-state index is 12.2. The average Bonchev–Trinajstić information content (AvgIpc) is 2.88. The van der Waals surface area contributed by atoms with Gasteiger partial charge >= 0.3 is 0 Å². The zero-order chi connectivity index (χ0) is 14.8. The summed E-state index contributed by atoms with van der Waals surface area (Å²) in [4.78, 5) is 8.73. The standard InChI is InChI=1S/C13H18N4O2S/c1-4-12-14-9-13(15-12)20(18,19)16-10-5-7-11(8-6-10)17(2)3/h5-9,16H,4H2,1-3H3,(H,14,15). The van der Waals surface area contributed by atoms with E-state index in [1.165, 1.54) is 6.20 Å². The number of anilines is 2. The second-order valence-corrected chi connectivity index (χ2v) is 6.25. The molecule has 7 heteroatoms. The van der Waals surface area contributed by atoms with Crippen LogP contribution in [0.5, 0.6) is 0 Å². The van der Waals surface area contributed by atoms with E-state index in [1.807, 2.05) is 38.1 Å². The molecule has 2 N–H and O–H groups in total. The second-order valence-electron chi connectivity index (χ2n) is 4.59. The third-order valence-electron chi connectivity index (χ3n) is 2.87. The number of benzene rings is 1. The van der Waals surface area contributed by atoms with Crippen LogP contribution in [0.1, 0.15) is 12.7 Å². The summed E-state index contributed by atoms with van der Waals surface area (Å²) in [6.07, 6.45) is 1.99. The molecule has 2 rings (SSSR count). The topological polar surface area (TPSA) is 78.1 Å². The lowest BCUT2D eigenvalue weighted by Gasteiger charge is -2.13. The Bertz CT molecular complexity index is 675. The van der Waals surface area contributed by atoms with Crippen LogP contribution < -0.4 is 9.62 Å². The SMILES string of the molecule is CCc1ncc(S(=O)(=O)Nc2ccc(N(C)C)cc2)[nH]1. The Morgan fingerprint density at radius 3 is 2.40 bits per heavy atom. The van der Waals surface area contributed by atoms with Gasteiger partial charge in [0.2, 0.25) is 0 Å². The lowest BCUT2D eigenvalue weighted by atomic mass is 10.3. The van der Waals surface area contributed by atoms with Crippen LogP contribution in [0.25, 0.3) is 0 Å². The van der Waals surface area contributed by atoms with Crippen LogP contribution in [-0.2, 0) is 16.4 Å². The minimum absolute atomic E-state index is 0.0750. The van der Waals surface area contributed by atoms with Crippen molar-refractivity contribution in [3.8, 4) is 0 Å². The summed E-state index contributed by atoms with van der Waals surface area (Å²) in [5.74, 6) is 0.647. The lowest BCUT2D eigenvalue weighted by molar-refractivity contribution is 0.598. The Balaban J connectivity index is 2.19. The van der Waals surface area contributed by atoms with Crippen molar-refractivity contribution in [3.63, 3.8) is 0 Å². The van der Waals surface area contributed by atoms with E-state index in [1.54, 1.807) is 12.1 Å². The molecule has 108 valence electrons. The molecule has 0 radical (unpaired) electrons. The number of hydrogen-bond donors (Lipinski definition) is 2. The van der Waals surface area contributed by atoms with Gasteiger partial charge in [-0.15, -0.1) is 0 Å². The third-order valence-corrected chi connectivity index (χ3v) is 4.16. The van der Waals surface area contributed by atoms with Gasteiger partial charge in [-0.3, -0.25) is 4.72 Å². The fourth-order valence-electron chi connectivity index (χ4n) is 1.70. The van der Waals surface area contributed by atoms with Crippen LogP contribution in [0, 0.1) is 0 Å². The molecule has 0 amide bonds. The van der Waals surface area contributed by atoms with Gasteiger partial charge in [0.05, 0.1) is 6.20 Å². The molecule has 20 heavy (non-hydrogen) atoms. The van der Waals surface area contributed by atoms with Gasteiger partial charge in [0, 0.05) is 31.9 Å². The molecule has 0 saturated carbocycles. The first-order chi connectivity index (χ1) is 9.42. The highest BCUT2D eigenvalue weighted by Crippen LogP contribution is 2.18. The zero-order valence-electron chi connectivity index (χ0n) is 11.7. The van der Waals surface area contributed by atoms with Crippen LogP contribution in [0.2, 0.25) is 0 Å². The van der Waals surface area contributed by atoms with Gasteiger partial charge in [0.25, 0.3) is 10.0 Å². The van der Waals surface area contributed by atoms with Gasteiger partial charge < -0.3 is 9.88 Å². The van der Waals surface area contributed by atoms with Crippen molar-refractivity contribution in [1.82, 2.24) is 9.97 Å². The second kappa shape index (κ2) is 5.54. The summed E-state index contributed by atoms with van der Waals surface area (Å²) >= 11 is 0. The van der Waals surface area contributed by atoms with E-state index in [0.717, 1.165) is 5.69 Å². The number of aromatic nitrogens is 2. The summed E-state index contributed by atoms with van der Waals surface area (Å²) < 4.78 is 26.8. The van der Waals surface area contributed by atoms with Gasteiger partial charge in [-0.05, 0) is 24.3 Å². The van der Waals surface area contributed by atoms with Crippen molar-refractivity contribution in [2.24, 2.45) is 0 Å². The Kier molecular flexibility index (Phi) is 3.99. The Labute approximate surface area is 118 Å². The molecule has 1 aromatic heterocycles. The molecule has 0 bridgehead atoms. The maximum Gasteiger partial charge on any atom is 0.278 e. The molecule has 1 heterocycles. The Morgan fingerprint density at radius 2 is 1.90 bits per heavy atom. The quantitative estimate of drug-likeness (QED) is 0.882. The highest BCUT2D eigenvalue weighted by atomic mass is 32.2. The van der Waals surface area contributed by atoms with Gasteiger partial charge in [-0.25, -0.2) is 4.98 Å². The minimum Gasteiger partial charge on any atom is -0.378 e. The molecule has 0 atom stereocenters. The number of H-pyrrole nitrogens is 1. The van der Waals surface area contributed by atoms with Crippen LogP contribution in [0.4, 0.5) is 11.4 Å². The average molecular weight is 294 g/mol. The lowest BCUT2D eigenvalue weighted by Crippen LogP contribution is -2.14. The number of nitrogens with one attached hydrogen (secondary N) is 2. The maximum absolute atomic E-state index is 12.2. The number of imidazole rings is 1. The zero-order valence-corrected chi connectivity index (χ0v) is 12.5. The van der Waals surface area contributed by atoms with Crippen molar-refractivity contribution >= 4 is 21.4 Å². The van der Waals surface area contributed by atoms with Gasteiger partial charge in [-0.1, -0.05) is 6.92 Å². The summed E-state index contributed by atoms with van der Waals surface area (Å²) in [6.45, 7) is 1.91. The summed E-state index contributed by atoms with van der Waals surface area (Å²) in [5.41, 5.74) is 1.52. The molecular weight excluding hydrogens is 276 g/mol. The first-order valence-electron chi connectivity index (χ1n) is 6.26. The van der Waals surface area contributed by atoms with Crippen molar-refractivity contribution in [1.29, 1.82) is 0 Å². The normalized spacial score (nSPS) is 11.3. The van der Waals surface area contributed by atoms with E-state index in [-0.39, 0.29) is 5.03 Å². The highest BCUT2D eigenvalue weighted by molar-refractivity contribution is 7.92. The molecular formula is C13H18N4O2S. The highest BCUT2D eigenvalue weighted by Gasteiger charge is 2.17. The van der Waals surface area contributed by atoms with Crippen molar-refractivity contribution in [2.75, 3.05) is 23.7 Å². The van der Waals surface area contributed by atoms with Crippen LogP contribution in [0.3, 0.4) is 0 Å². The molecule has 2 aromatic rings. The van der Waals surface area contributed by atoms with E-state index < -0.39 is 10.0 Å². The van der Waals surface area contributed by atoms with Gasteiger partial charge in [-0.2, -0.15) is 8.42 Å². The molecule has 0 aliphatic heterocycles. The Hall–Kier alpha value is -2.02. The fraction of sp³-hybridized carbons (Fsp3) is 0.308. The predicted molar refractivity (Wildman–Crippen MR) is 79.5 cm³/mol. The monoisotopic (exact) mass is 294 g/mol. The van der Waals surface area contributed by atoms with E-state index in [0.29, 0.717) is 17.9 Å². The van der Waals surface area contributed by atoms with Crippen LogP contribution >= 0.6 is 0 Å². The summed E-state index contributed by atoms with van der Waals surface area (Å²) in [7, 11) is 0.236. The van der Waals surface area contributed by atoms with Crippen molar-refractivity contribution in [2.45, 2.75) is 18.4 Å². The molecule has 0 unspecified atom stereocenters. The molecule has 0 aliphatic rings. The number of aryl methyl sites for hydroxylation is 1. The molecule has 0 spiro atoms. The minimum atomic E-state index is -3.62. The molecule has 0 aliphatic carbocycles. The largest absolute Gasteiger partial charge is 0.378 e. The number of rotatable bonds is 5.